The van der Waals surface area contributed by atoms with Gasteiger partial charge >= 0.3 is 271 Å². The van der Waals surface area contributed by atoms with Gasteiger partial charge in [-0.2, -0.15) is 0 Å². The smallest absolute Gasteiger partial charge is 1.00 e. The van der Waals surface area contributed by atoms with Crippen LogP contribution in [0.4, 0.5) is 0 Å². The molecule has 0 bridgehead atoms. The van der Waals surface area contributed by atoms with E-state index in [1.165, 1.54) is 127 Å². The van der Waals surface area contributed by atoms with E-state index in [0.29, 0.717) is 7.25 Å². The summed E-state index contributed by atoms with van der Waals surface area (Å²) in [5.74, 6) is 2.13. The fourth-order valence-electron chi connectivity index (χ4n) is 9.86. The fraction of sp³-hybridized carbons (Fsp3) is 0.778. The molecule has 6 aliphatic carbocycles. The summed E-state index contributed by atoms with van der Waals surface area (Å²) >= 11 is -2.12. The molecule has 2 atom stereocenters. The standard InChI is InChI=1S/2C17H27OSi.C2H7Si.2ClH.Zr/c2*1-19(2,17-10-4-3-5-11-17)18-16-12-14-8-6-7-9-15(14)13-16;1-3-2;;;/h2*12-13,17H,3-11H2,1-2H3;3H,1-2H3;2*1H;/q;;;;;+2/p-2. The number of rotatable bonds is 9. The summed E-state index contributed by atoms with van der Waals surface area (Å²) in [6.07, 6.45) is 30.4. The Morgan fingerprint density at radius 2 is 0.932 bits per heavy atom. The maximum absolute atomic E-state index is 7.56. The third kappa shape index (κ3) is 7.93. The third-order valence-corrected chi connectivity index (χ3v) is 40.4. The number of allylic oxidation sites excluding steroid dienone is 6. The first-order valence-electron chi connectivity index (χ1n) is 18.3. The Balaban J connectivity index is 0.00000221. The Morgan fingerprint density at radius 1 is 0.568 bits per heavy atom. The van der Waals surface area contributed by atoms with Crippen LogP contribution >= 0.6 is 0 Å². The Labute approximate surface area is 294 Å². The molecule has 0 amide bonds. The van der Waals surface area contributed by atoms with Gasteiger partial charge in [0.1, 0.15) is 0 Å². The van der Waals surface area contributed by atoms with Crippen LogP contribution in [0, 0.1) is 0 Å². The summed E-state index contributed by atoms with van der Waals surface area (Å²) < 4.78 is 16.5. The minimum absolute atomic E-state index is 0. The molecule has 2 fully saturated rings. The van der Waals surface area contributed by atoms with Crippen LogP contribution in [0.15, 0.2) is 46.0 Å². The zero-order chi connectivity index (χ0) is 29.5. The third-order valence-electron chi connectivity index (χ3n) is 12.3. The molecular weight excluding hydrogens is 711 g/mol. The second kappa shape index (κ2) is 15.9. The van der Waals surface area contributed by atoms with Crippen LogP contribution < -0.4 is 24.8 Å². The molecule has 6 rings (SSSR count). The number of hydrogen-bond donors (Lipinski definition) is 0. The van der Waals surface area contributed by atoms with Gasteiger partial charge in [0, 0.05) is 0 Å². The molecule has 0 aromatic heterocycles. The van der Waals surface area contributed by atoms with Crippen LogP contribution in [0.25, 0.3) is 0 Å². The van der Waals surface area contributed by atoms with Crippen molar-refractivity contribution in [2.45, 2.75) is 173 Å². The molecule has 6 aliphatic rings. The minimum Gasteiger partial charge on any atom is -1.00 e. The van der Waals surface area contributed by atoms with Gasteiger partial charge < -0.3 is 24.8 Å². The quantitative estimate of drug-likeness (QED) is 0.276. The molecule has 0 aromatic rings. The molecule has 247 valence electrons. The summed E-state index contributed by atoms with van der Waals surface area (Å²) in [5, 5.41) is 0. The van der Waals surface area contributed by atoms with Crippen molar-refractivity contribution in [3.8, 4) is 0 Å². The van der Waals surface area contributed by atoms with E-state index in [2.05, 4.69) is 51.4 Å². The molecule has 0 radical (unpaired) electrons. The van der Waals surface area contributed by atoms with Gasteiger partial charge in [0.25, 0.3) is 0 Å². The van der Waals surface area contributed by atoms with Crippen molar-refractivity contribution < 1.29 is 54.6 Å². The SMILES string of the molecule is C[SiH](C)[Zr+2]([CH]1C(O[Si](C)(C)C2CCCCC2)=CC2=C1CCCC2)[CH]1C(O[Si](C)(C)C2CCCCC2)=CC2=C1CCCC2.[Cl-].[Cl-]. The van der Waals surface area contributed by atoms with Crippen LogP contribution in [-0.2, 0) is 29.8 Å². The van der Waals surface area contributed by atoms with E-state index in [-0.39, 0.29) is 24.8 Å². The van der Waals surface area contributed by atoms with Gasteiger partial charge in [-0.3, -0.25) is 0 Å². The average molecular weight is 772 g/mol. The van der Waals surface area contributed by atoms with Gasteiger partial charge in [0.15, 0.2) is 0 Å². The molecule has 0 N–H and O–H groups in total. The van der Waals surface area contributed by atoms with E-state index in [0.717, 1.165) is 11.1 Å². The molecule has 0 heterocycles. The van der Waals surface area contributed by atoms with Crippen molar-refractivity contribution in [2.75, 3.05) is 0 Å². The van der Waals surface area contributed by atoms with E-state index < -0.39 is 43.5 Å². The van der Waals surface area contributed by atoms with Gasteiger partial charge in [-0.05, 0) is 0 Å². The Morgan fingerprint density at radius 3 is 1.30 bits per heavy atom. The first-order chi connectivity index (χ1) is 20.2. The first kappa shape index (κ1) is 37.5. The summed E-state index contributed by atoms with van der Waals surface area (Å²) in [5.41, 5.74) is 8.90. The van der Waals surface area contributed by atoms with Gasteiger partial charge in [0.05, 0.1) is 0 Å². The molecule has 0 aromatic carbocycles. The van der Waals surface area contributed by atoms with Crippen LogP contribution in [0.1, 0.15) is 116 Å². The van der Waals surface area contributed by atoms with Crippen molar-refractivity contribution >= 4 is 22.6 Å². The van der Waals surface area contributed by atoms with Gasteiger partial charge in [-0.25, -0.2) is 0 Å². The predicted molar refractivity (Wildman–Crippen MR) is 184 cm³/mol. The summed E-state index contributed by atoms with van der Waals surface area (Å²) in [6.45, 7) is 15.8. The summed E-state index contributed by atoms with van der Waals surface area (Å²) in [6, 6.07) is 0. The Bertz CT molecular complexity index is 1050. The maximum atomic E-state index is 7.56. The molecule has 8 heteroatoms. The van der Waals surface area contributed by atoms with Crippen LogP contribution in [0.5, 0.6) is 0 Å². The molecule has 2 unspecified atom stereocenters. The van der Waals surface area contributed by atoms with E-state index in [4.69, 9.17) is 8.85 Å². The van der Waals surface area contributed by atoms with Crippen molar-refractivity contribution in [2.24, 2.45) is 0 Å². The van der Waals surface area contributed by atoms with Crippen molar-refractivity contribution in [3.05, 3.63) is 46.0 Å². The molecule has 2 saturated carbocycles. The summed E-state index contributed by atoms with van der Waals surface area (Å²) in [7, 11) is -3.61. The summed E-state index contributed by atoms with van der Waals surface area (Å²) in [4.78, 5) is 0. The molecule has 44 heavy (non-hydrogen) atoms. The van der Waals surface area contributed by atoms with Crippen molar-refractivity contribution in [1.82, 2.24) is 0 Å². The molecule has 2 nitrogen and oxygen atoms in total. The van der Waals surface area contributed by atoms with Crippen molar-refractivity contribution in [1.29, 1.82) is 0 Å². The van der Waals surface area contributed by atoms with Crippen molar-refractivity contribution in [3.63, 3.8) is 0 Å². The molecule has 0 aliphatic heterocycles. The first-order valence-corrected chi connectivity index (χ1v) is 34.2. The normalized spacial score (nSPS) is 26.8. The fourth-order valence-corrected chi connectivity index (χ4v) is 38.2. The van der Waals surface area contributed by atoms with E-state index >= 15 is 0 Å². The minimum atomic E-state index is -2.12. The molecular formula is C36H61Cl2O2Si3Zr. The average Bonchev–Trinajstić information content (AvgIpc) is 3.51. The van der Waals surface area contributed by atoms with Crippen LogP contribution in [0.3, 0.4) is 0 Å². The van der Waals surface area contributed by atoms with E-state index in [1.54, 1.807) is 11.1 Å². The topological polar surface area (TPSA) is 18.5 Å². The monoisotopic (exact) mass is 769 g/mol. The second-order valence-corrected chi connectivity index (χ2v) is 44.7. The maximum Gasteiger partial charge on any atom is -1.00 e. The van der Waals surface area contributed by atoms with Crippen LogP contribution in [-0.4, -0.2) is 22.6 Å². The Hall–Kier alpha value is 0.674. The largest absolute Gasteiger partial charge is 1.00 e. The number of hydrogen-bond acceptors (Lipinski definition) is 2. The zero-order valence-electron chi connectivity index (χ0n) is 28.8. The van der Waals surface area contributed by atoms with Gasteiger partial charge in [-0.1, -0.05) is 0 Å². The molecule has 0 spiro atoms. The van der Waals surface area contributed by atoms with Gasteiger partial charge in [0.2, 0.25) is 0 Å². The zero-order valence-corrected chi connectivity index (χ0v) is 36.0. The van der Waals surface area contributed by atoms with Gasteiger partial charge in [-0.15, -0.1) is 0 Å². The number of halogens is 2. The molecule has 0 saturated heterocycles. The predicted octanol–water partition coefficient (Wildman–Crippen LogP) is 5.82. The Kier molecular flexibility index (Phi) is 13.6. The van der Waals surface area contributed by atoms with Crippen LogP contribution in [0.2, 0.25) is 57.6 Å². The van der Waals surface area contributed by atoms with E-state index in [9.17, 15) is 0 Å². The second-order valence-electron chi connectivity index (χ2n) is 16.2. The van der Waals surface area contributed by atoms with E-state index in [1.807, 2.05) is 11.1 Å².